The van der Waals surface area contributed by atoms with Crippen LogP contribution in [0, 0.1) is 0 Å². The van der Waals surface area contributed by atoms with Crippen LogP contribution in [0.15, 0.2) is 18.7 Å². The van der Waals surface area contributed by atoms with Crippen LogP contribution in [0.5, 0.6) is 0 Å². The quantitative estimate of drug-likeness (QED) is 0.145. The molecular weight excluding hydrogens is 388 g/mol. The fraction of sp³-hybridized carbons (Fsp3) is 0.864. The van der Waals surface area contributed by atoms with Gasteiger partial charge in [0.25, 0.3) is 0 Å². The molecule has 0 aliphatic rings. The average molecular weight is 433 g/mol. The highest BCUT2D eigenvalue weighted by Gasteiger charge is 1.98. The van der Waals surface area contributed by atoms with Gasteiger partial charge in [-0.15, -0.1) is 0 Å². The molecular formula is C22H44N2O4S. The summed E-state index contributed by atoms with van der Waals surface area (Å²) in [6.45, 7) is 5.66. The molecule has 0 radical (unpaired) electrons. The second kappa shape index (κ2) is 19.1. The number of hydrogen-bond donors (Lipinski definition) is 0. The van der Waals surface area contributed by atoms with Crippen molar-refractivity contribution >= 4 is 10.4 Å². The summed E-state index contributed by atoms with van der Waals surface area (Å²) in [4.78, 5) is 0. The average Bonchev–Trinajstić information content (AvgIpc) is 3.08. The van der Waals surface area contributed by atoms with Crippen molar-refractivity contribution in [3.05, 3.63) is 18.7 Å². The summed E-state index contributed by atoms with van der Waals surface area (Å²) in [7, 11) is -2.43. The highest BCUT2D eigenvalue weighted by atomic mass is 32.3. The Morgan fingerprint density at radius 1 is 0.828 bits per heavy atom. The lowest BCUT2D eigenvalue weighted by Gasteiger charge is -2.06. The molecule has 0 spiro atoms. The van der Waals surface area contributed by atoms with Gasteiger partial charge in [0.05, 0.1) is 20.2 Å². The third-order valence-electron chi connectivity index (χ3n) is 4.82. The molecule has 0 unspecified atom stereocenters. The molecule has 1 rings (SSSR count). The second-order valence-electron chi connectivity index (χ2n) is 7.79. The Kier molecular flexibility index (Phi) is 18.5. The summed E-state index contributed by atoms with van der Waals surface area (Å²) in [6, 6.07) is 0. The molecule has 29 heavy (non-hydrogen) atoms. The van der Waals surface area contributed by atoms with Gasteiger partial charge in [-0.25, -0.2) is 17.6 Å². The van der Waals surface area contributed by atoms with Gasteiger partial charge < -0.3 is 4.55 Å². The minimum Gasteiger partial charge on any atom is -0.726 e. The topological polar surface area (TPSA) is 75.2 Å². The molecule has 7 heteroatoms. The summed E-state index contributed by atoms with van der Waals surface area (Å²) in [5.41, 5.74) is 0. The first-order valence-corrected chi connectivity index (χ1v) is 12.8. The number of hydrogen-bond acceptors (Lipinski definition) is 4. The molecule has 1 heterocycles. The van der Waals surface area contributed by atoms with Crippen LogP contribution in [-0.2, 0) is 28.2 Å². The van der Waals surface area contributed by atoms with Gasteiger partial charge in [-0.3, -0.25) is 4.18 Å². The smallest absolute Gasteiger partial charge is 0.243 e. The van der Waals surface area contributed by atoms with E-state index in [-0.39, 0.29) is 6.61 Å². The van der Waals surface area contributed by atoms with Gasteiger partial charge in [-0.05, 0) is 19.3 Å². The summed E-state index contributed by atoms with van der Waals surface area (Å²) >= 11 is 0. The van der Waals surface area contributed by atoms with Gasteiger partial charge in [0.15, 0.2) is 0 Å². The zero-order valence-electron chi connectivity index (χ0n) is 19.0. The van der Waals surface area contributed by atoms with E-state index in [2.05, 4.69) is 52.9 Å². The van der Waals surface area contributed by atoms with E-state index in [1.807, 2.05) is 0 Å². The fourth-order valence-corrected chi connectivity index (χ4v) is 3.43. The summed E-state index contributed by atoms with van der Waals surface area (Å²) in [5, 5.41) is 0. The third kappa shape index (κ3) is 21.6. The van der Waals surface area contributed by atoms with Crippen molar-refractivity contribution in [2.75, 3.05) is 6.61 Å². The van der Waals surface area contributed by atoms with Crippen LogP contribution in [0.3, 0.4) is 0 Å². The monoisotopic (exact) mass is 432 g/mol. The van der Waals surface area contributed by atoms with Crippen LogP contribution in [0.2, 0.25) is 0 Å². The van der Waals surface area contributed by atoms with Gasteiger partial charge in [0.1, 0.15) is 12.4 Å². The summed E-state index contributed by atoms with van der Waals surface area (Å²) in [5.74, 6) is 0. The van der Waals surface area contributed by atoms with Crippen LogP contribution in [0.25, 0.3) is 0 Å². The minimum absolute atomic E-state index is 0.0301. The predicted molar refractivity (Wildman–Crippen MR) is 117 cm³/mol. The maximum atomic E-state index is 10.1. The highest BCUT2D eigenvalue weighted by molar-refractivity contribution is 7.80. The van der Waals surface area contributed by atoms with Crippen LogP contribution in [0.4, 0.5) is 0 Å². The molecule has 0 amide bonds. The van der Waals surface area contributed by atoms with Crippen LogP contribution in [0.1, 0.15) is 104 Å². The first-order chi connectivity index (χ1) is 13.9. The van der Waals surface area contributed by atoms with E-state index in [9.17, 15) is 13.0 Å². The first-order valence-electron chi connectivity index (χ1n) is 11.5. The van der Waals surface area contributed by atoms with Crippen molar-refractivity contribution in [3.8, 4) is 0 Å². The zero-order valence-corrected chi connectivity index (χ0v) is 19.8. The summed E-state index contributed by atoms with van der Waals surface area (Å²) in [6.07, 6.45) is 23.4. The van der Waals surface area contributed by atoms with Gasteiger partial charge in [0.2, 0.25) is 16.7 Å². The molecule has 0 aromatic carbocycles. The number of aryl methyl sites for hydroxylation is 2. The standard InChI is InChI=1S/C12H26O4S.C10H19N2/c1-2-3-4-5-6-7-8-9-10-11-12-16-17(13,14)15;1-3-4-5-6-7-12-9-8-11(2)10-12/h2-12H2,1H3,(H,13,14,15);8-10H,3-7H2,1-2H3/q;+1/p-1. The fourth-order valence-electron chi connectivity index (χ4n) is 3.11. The molecule has 172 valence electrons. The Morgan fingerprint density at radius 2 is 1.31 bits per heavy atom. The van der Waals surface area contributed by atoms with Crippen LogP contribution < -0.4 is 4.57 Å². The predicted octanol–water partition coefficient (Wildman–Crippen LogP) is 5.28. The Hall–Kier alpha value is -0.920. The lowest BCUT2D eigenvalue weighted by atomic mass is 10.1. The van der Waals surface area contributed by atoms with E-state index in [1.54, 1.807) is 0 Å². The van der Waals surface area contributed by atoms with E-state index in [4.69, 9.17) is 0 Å². The van der Waals surface area contributed by atoms with Crippen molar-refractivity contribution in [3.63, 3.8) is 0 Å². The van der Waals surface area contributed by atoms with Gasteiger partial charge >= 0.3 is 0 Å². The largest absolute Gasteiger partial charge is 0.726 e. The van der Waals surface area contributed by atoms with Crippen molar-refractivity contribution in [1.29, 1.82) is 0 Å². The molecule has 1 aromatic rings. The van der Waals surface area contributed by atoms with E-state index >= 15 is 0 Å². The molecule has 0 fully saturated rings. The molecule has 0 N–H and O–H groups in total. The normalized spacial score (nSPS) is 11.3. The molecule has 0 aliphatic heterocycles. The molecule has 0 bridgehead atoms. The first kappa shape index (κ1) is 28.1. The molecule has 0 atom stereocenters. The highest BCUT2D eigenvalue weighted by Crippen LogP contribution is 2.10. The van der Waals surface area contributed by atoms with Crippen LogP contribution >= 0.6 is 0 Å². The lowest BCUT2D eigenvalue weighted by molar-refractivity contribution is -0.696. The van der Waals surface area contributed by atoms with Crippen molar-refractivity contribution in [2.45, 2.75) is 110 Å². The Bertz CT molecular complexity index is 573. The van der Waals surface area contributed by atoms with Crippen LogP contribution in [-0.4, -0.2) is 24.1 Å². The van der Waals surface area contributed by atoms with Crippen molar-refractivity contribution in [2.24, 2.45) is 7.05 Å². The molecule has 6 nitrogen and oxygen atoms in total. The molecule has 0 saturated carbocycles. The van der Waals surface area contributed by atoms with E-state index < -0.39 is 10.4 Å². The van der Waals surface area contributed by atoms with Crippen molar-refractivity contribution < 1.29 is 21.7 Å². The van der Waals surface area contributed by atoms with Gasteiger partial charge in [-0.2, -0.15) is 0 Å². The molecule has 0 saturated heterocycles. The van der Waals surface area contributed by atoms with Crippen molar-refractivity contribution in [1.82, 2.24) is 4.57 Å². The molecule has 1 aromatic heterocycles. The van der Waals surface area contributed by atoms with E-state index in [1.165, 1.54) is 77.2 Å². The minimum atomic E-state index is -4.48. The van der Waals surface area contributed by atoms with E-state index in [0.717, 1.165) is 12.8 Å². The van der Waals surface area contributed by atoms with Gasteiger partial charge in [-0.1, -0.05) is 84.5 Å². The number of rotatable bonds is 17. The number of unbranched alkanes of at least 4 members (excludes halogenated alkanes) is 12. The van der Waals surface area contributed by atoms with Gasteiger partial charge in [0, 0.05) is 0 Å². The summed E-state index contributed by atoms with van der Waals surface area (Å²) < 4.78 is 38.8. The van der Waals surface area contributed by atoms with E-state index in [0.29, 0.717) is 6.42 Å². The Morgan fingerprint density at radius 3 is 1.76 bits per heavy atom. The lowest BCUT2D eigenvalue weighted by Crippen LogP contribution is -2.30. The number of aromatic nitrogens is 2. The molecule has 0 aliphatic carbocycles. The maximum absolute atomic E-state index is 10.1. The third-order valence-corrected chi connectivity index (χ3v) is 5.27. The second-order valence-corrected chi connectivity index (χ2v) is 8.84. The Labute approximate surface area is 179 Å². The zero-order chi connectivity index (χ0) is 21.8. The SMILES string of the molecule is CCCCCCCCCCCCOS(=O)(=O)[O-].CCCCCC[n+]1ccn(C)c1. The number of nitrogens with zero attached hydrogens (tertiary/aromatic N) is 2. The Balaban J connectivity index is 0.000000571. The maximum Gasteiger partial charge on any atom is 0.243 e. The number of imidazole rings is 1.